The summed E-state index contributed by atoms with van der Waals surface area (Å²) in [5.74, 6) is 0.0158. The number of halogens is 2. The highest BCUT2D eigenvalue weighted by Crippen LogP contribution is 2.37. The van der Waals surface area contributed by atoms with E-state index in [0.717, 1.165) is 22.8 Å². The average Bonchev–Trinajstić information content (AvgIpc) is 3.53. The Hall–Kier alpha value is -4.33. The molecule has 0 aliphatic carbocycles. The van der Waals surface area contributed by atoms with E-state index in [1.807, 2.05) is 64.1 Å². The number of amides is 1. The van der Waals surface area contributed by atoms with Gasteiger partial charge in [-0.25, -0.2) is 18.8 Å². The molecule has 0 bridgehead atoms. The van der Waals surface area contributed by atoms with E-state index < -0.39 is 11.6 Å². The highest BCUT2D eigenvalue weighted by atomic mass is 19.2. The number of guanidine groups is 1. The van der Waals surface area contributed by atoms with Crippen LogP contribution in [0.1, 0.15) is 29.9 Å². The molecule has 0 spiro atoms. The van der Waals surface area contributed by atoms with Crippen LogP contribution in [-0.4, -0.2) is 46.0 Å². The molecule has 192 valence electrons. The van der Waals surface area contributed by atoms with Crippen LogP contribution in [0.15, 0.2) is 77.8 Å². The lowest BCUT2D eigenvalue weighted by Gasteiger charge is -2.32. The second-order valence-corrected chi connectivity index (χ2v) is 10.1. The summed E-state index contributed by atoms with van der Waals surface area (Å²) in [6.45, 7) is 5.03. The number of carbonyl (C=O) groups is 1. The van der Waals surface area contributed by atoms with Gasteiger partial charge in [0.25, 0.3) is 5.91 Å². The maximum absolute atomic E-state index is 14.2. The molecule has 8 heteroatoms. The third-order valence-corrected chi connectivity index (χ3v) is 7.24. The molecule has 1 aromatic heterocycles. The molecule has 1 atom stereocenters. The van der Waals surface area contributed by atoms with Crippen LogP contribution in [0.2, 0.25) is 0 Å². The molecule has 3 aromatic carbocycles. The van der Waals surface area contributed by atoms with E-state index in [-0.39, 0.29) is 24.4 Å². The number of hydrogen-bond acceptors (Lipinski definition) is 4. The van der Waals surface area contributed by atoms with Crippen molar-refractivity contribution in [2.45, 2.75) is 26.4 Å². The minimum absolute atomic E-state index is 0.0198. The first-order chi connectivity index (χ1) is 18.3. The van der Waals surface area contributed by atoms with Gasteiger partial charge in [0.15, 0.2) is 17.3 Å². The molecule has 2 aliphatic rings. The second kappa shape index (κ2) is 9.20. The quantitative estimate of drug-likeness (QED) is 0.339. The topological polar surface area (TPSA) is 53.7 Å². The van der Waals surface area contributed by atoms with Gasteiger partial charge in [-0.1, -0.05) is 74.5 Å². The third kappa shape index (κ3) is 3.97. The van der Waals surface area contributed by atoms with Gasteiger partial charge in [-0.05, 0) is 34.7 Å². The van der Waals surface area contributed by atoms with Crippen LogP contribution in [0.25, 0.3) is 22.5 Å². The first kappa shape index (κ1) is 24.0. The van der Waals surface area contributed by atoms with Crippen LogP contribution in [0, 0.1) is 17.6 Å². The van der Waals surface area contributed by atoms with Crippen molar-refractivity contribution in [2.75, 3.05) is 18.5 Å². The molecule has 0 saturated carbocycles. The zero-order valence-corrected chi connectivity index (χ0v) is 21.4. The minimum atomic E-state index is -0.913. The summed E-state index contributed by atoms with van der Waals surface area (Å²) in [6, 6.07) is 21.9. The largest absolute Gasteiger partial charge is 0.305 e. The first-order valence-corrected chi connectivity index (χ1v) is 12.7. The van der Waals surface area contributed by atoms with E-state index in [0.29, 0.717) is 35.4 Å². The smallest absolute Gasteiger partial charge is 0.282 e. The zero-order valence-electron chi connectivity index (χ0n) is 21.4. The van der Waals surface area contributed by atoms with E-state index in [4.69, 9.17) is 9.98 Å². The van der Waals surface area contributed by atoms with Gasteiger partial charge in [0.1, 0.15) is 11.6 Å². The fourth-order valence-electron chi connectivity index (χ4n) is 5.08. The monoisotopic (exact) mass is 511 g/mol. The second-order valence-electron chi connectivity index (χ2n) is 10.1. The molecular weight excluding hydrogens is 484 g/mol. The highest BCUT2D eigenvalue weighted by Gasteiger charge is 2.43. The number of benzene rings is 3. The lowest BCUT2D eigenvalue weighted by Crippen LogP contribution is -2.49. The Labute approximate surface area is 219 Å². The number of imidazole rings is 1. The molecule has 0 N–H and O–H groups in total. The van der Waals surface area contributed by atoms with Crippen molar-refractivity contribution in [1.29, 1.82) is 0 Å². The molecule has 3 heterocycles. The normalized spacial score (nSPS) is 16.6. The van der Waals surface area contributed by atoms with Gasteiger partial charge in [-0.3, -0.25) is 14.6 Å². The Kier molecular flexibility index (Phi) is 5.82. The highest BCUT2D eigenvalue weighted by molar-refractivity contribution is 6.18. The van der Waals surface area contributed by atoms with Crippen LogP contribution < -0.4 is 4.90 Å². The molecule has 6 rings (SSSR count). The van der Waals surface area contributed by atoms with Crippen molar-refractivity contribution in [2.24, 2.45) is 10.9 Å². The molecule has 4 aromatic rings. The van der Waals surface area contributed by atoms with E-state index in [1.54, 1.807) is 18.0 Å². The van der Waals surface area contributed by atoms with Crippen LogP contribution >= 0.6 is 0 Å². The Morgan fingerprint density at radius 1 is 0.921 bits per heavy atom. The van der Waals surface area contributed by atoms with Crippen molar-refractivity contribution in [3.05, 3.63) is 95.7 Å². The summed E-state index contributed by atoms with van der Waals surface area (Å²) in [4.78, 5) is 26.7. The van der Waals surface area contributed by atoms with Gasteiger partial charge in [0.2, 0.25) is 5.96 Å². The molecular formula is C30H27F2N5O. The van der Waals surface area contributed by atoms with Gasteiger partial charge in [-0.2, -0.15) is 0 Å². The van der Waals surface area contributed by atoms with Gasteiger partial charge >= 0.3 is 0 Å². The number of aromatic nitrogens is 2. The van der Waals surface area contributed by atoms with E-state index in [2.05, 4.69) is 13.8 Å². The predicted molar refractivity (Wildman–Crippen MR) is 144 cm³/mol. The summed E-state index contributed by atoms with van der Waals surface area (Å²) in [7, 11) is 1.71. The number of anilines is 1. The molecule has 2 aliphatic heterocycles. The molecule has 0 unspecified atom stereocenters. The predicted octanol–water partition coefficient (Wildman–Crippen LogP) is 5.83. The number of hydrogen-bond donors (Lipinski definition) is 0. The summed E-state index contributed by atoms with van der Waals surface area (Å²) in [5.41, 5.74) is 3.85. The van der Waals surface area contributed by atoms with Crippen molar-refractivity contribution in [3.63, 3.8) is 0 Å². The van der Waals surface area contributed by atoms with E-state index in [9.17, 15) is 13.6 Å². The Morgan fingerprint density at radius 2 is 1.61 bits per heavy atom. The maximum atomic E-state index is 14.2. The number of nitrogens with zero attached hydrogens (tertiary/aromatic N) is 5. The average molecular weight is 512 g/mol. The Bertz CT molecular complexity index is 1560. The summed E-state index contributed by atoms with van der Waals surface area (Å²) >= 11 is 0. The lowest BCUT2D eigenvalue weighted by atomic mass is 10.0. The minimum Gasteiger partial charge on any atom is -0.305 e. The summed E-state index contributed by atoms with van der Waals surface area (Å²) in [6.07, 6.45) is 0. The number of fused-ring (bicyclic) bond motifs is 3. The molecule has 1 amide bonds. The van der Waals surface area contributed by atoms with Gasteiger partial charge in [0.05, 0.1) is 19.1 Å². The molecule has 0 fully saturated rings. The van der Waals surface area contributed by atoms with E-state index >= 15 is 0 Å². The zero-order chi connectivity index (χ0) is 26.6. The summed E-state index contributed by atoms with van der Waals surface area (Å²) < 4.78 is 29.8. The SMILES string of the molecule is CC(C)[C@@H]1CN2C(=N1)N(C)C(=O)c1nc(-c3ccc(-c4ccccc4)cc3)n(Cc3ccc(F)c(F)c3)c12. The van der Waals surface area contributed by atoms with Crippen LogP contribution in [0.5, 0.6) is 0 Å². The number of aliphatic imine (C=N–C) groups is 1. The fourth-order valence-corrected chi connectivity index (χ4v) is 5.08. The lowest BCUT2D eigenvalue weighted by molar-refractivity contribution is 0.0860. The molecule has 38 heavy (non-hydrogen) atoms. The van der Waals surface area contributed by atoms with Gasteiger partial charge < -0.3 is 4.57 Å². The first-order valence-electron chi connectivity index (χ1n) is 12.7. The van der Waals surface area contributed by atoms with Gasteiger partial charge in [0, 0.05) is 12.6 Å². The fraction of sp³-hybridized carbons (Fsp3) is 0.233. The standard InChI is InChI=1S/C30H27F2N5O/c1-18(2)25-17-37-28-26(29(38)35(3)30(37)33-25)34-27(36(28)16-19-9-14-23(31)24(32)15-19)22-12-10-21(11-13-22)20-7-5-4-6-8-20/h4-15,18,25H,16-17H2,1-3H3/t25-/m0/s1. The van der Waals surface area contributed by atoms with Gasteiger partial charge in [-0.15, -0.1) is 0 Å². The Morgan fingerprint density at radius 3 is 2.29 bits per heavy atom. The Balaban J connectivity index is 1.50. The molecule has 0 radical (unpaired) electrons. The van der Waals surface area contributed by atoms with Crippen molar-refractivity contribution >= 4 is 17.7 Å². The number of rotatable bonds is 5. The maximum Gasteiger partial charge on any atom is 0.282 e. The third-order valence-electron chi connectivity index (χ3n) is 7.24. The van der Waals surface area contributed by atoms with Crippen LogP contribution in [-0.2, 0) is 6.54 Å². The van der Waals surface area contributed by atoms with Crippen LogP contribution in [0.3, 0.4) is 0 Å². The number of carbonyl (C=O) groups excluding carboxylic acids is 1. The molecule has 6 nitrogen and oxygen atoms in total. The molecule has 0 saturated heterocycles. The van der Waals surface area contributed by atoms with Crippen molar-refractivity contribution in [3.8, 4) is 22.5 Å². The van der Waals surface area contributed by atoms with Crippen LogP contribution in [0.4, 0.5) is 14.6 Å². The van der Waals surface area contributed by atoms with E-state index in [1.165, 1.54) is 6.07 Å². The van der Waals surface area contributed by atoms with Crippen molar-refractivity contribution < 1.29 is 13.6 Å². The summed E-state index contributed by atoms with van der Waals surface area (Å²) in [5, 5.41) is 0. The van der Waals surface area contributed by atoms with Crippen molar-refractivity contribution in [1.82, 2.24) is 14.5 Å².